The molecule has 0 aromatic heterocycles. The molecule has 1 saturated carbocycles. The largest absolute Gasteiger partial charge is 0.398 e. The van der Waals surface area contributed by atoms with Gasteiger partial charge < -0.3 is 10.6 Å². The summed E-state index contributed by atoms with van der Waals surface area (Å²) in [6.07, 6.45) is 7.56. The van der Waals surface area contributed by atoms with Crippen LogP contribution >= 0.6 is 0 Å². The fourth-order valence-corrected chi connectivity index (χ4v) is 3.83. The molecule has 2 fully saturated rings. The number of nitro groups is 1. The van der Waals surface area contributed by atoms with Crippen LogP contribution in [0.25, 0.3) is 0 Å². The number of fused-ring (bicyclic) bond motifs is 1. The highest BCUT2D eigenvalue weighted by Gasteiger charge is 2.33. The molecule has 1 aliphatic carbocycles. The number of nitrogens with zero attached hydrogens (tertiary/aromatic N) is 2. The Labute approximate surface area is 118 Å². The first kappa shape index (κ1) is 13.2. The van der Waals surface area contributed by atoms with E-state index in [0.29, 0.717) is 11.7 Å². The molecule has 0 bridgehead atoms. The summed E-state index contributed by atoms with van der Waals surface area (Å²) in [6, 6.07) is 5.53. The van der Waals surface area contributed by atoms with Crippen molar-refractivity contribution < 1.29 is 4.92 Å². The summed E-state index contributed by atoms with van der Waals surface area (Å²) in [7, 11) is 0. The summed E-state index contributed by atoms with van der Waals surface area (Å²) in [5.74, 6) is 0.748. The number of nitro benzene ring substituents is 1. The van der Waals surface area contributed by atoms with E-state index in [-0.39, 0.29) is 10.6 Å². The summed E-state index contributed by atoms with van der Waals surface area (Å²) in [6.45, 7) is 0.988. The second-order valence-electron chi connectivity index (χ2n) is 5.99. The van der Waals surface area contributed by atoms with Gasteiger partial charge in [0, 0.05) is 36.1 Å². The summed E-state index contributed by atoms with van der Waals surface area (Å²) < 4.78 is 0. The van der Waals surface area contributed by atoms with Crippen molar-refractivity contribution in [2.75, 3.05) is 17.2 Å². The highest BCUT2D eigenvalue weighted by Crippen LogP contribution is 2.39. The van der Waals surface area contributed by atoms with Gasteiger partial charge in [-0.2, -0.15) is 0 Å². The Balaban J connectivity index is 1.92. The van der Waals surface area contributed by atoms with Gasteiger partial charge in [0.2, 0.25) is 0 Å². The molecule has 1 aromatic rings. The van der Waals surface area contributed by atoms with Crippen molar-refractivity contribution in [3.8, 4) is 0 Å². The average molecular weight is 275 g/mol. The average Bonchev–Trinajstić information content (AvgIpc) is 2.46. The summed E-state index contributed by atoms with van der Waals surface area (Å²) in [5.41, 5.74) is 7.34. The van der Waals surface area contributed by atoms with Crippen molar-refractivity contribution in [1.82, 2.24) is 0 Å². The lowest BCUT2D eigenvalue weighted by atomic mass is 9.78. The molecule has 5 nitrogen and oxygen atoms in total. The Morgan fingerprint density at radius 1 is 1.15 bits per heavy atom. The predicted molar refractivity (Wildman–Crippen MR) is 79.8 cm³/mol. The zero-order valence-electron chi connectivity index (χ0n) is 11.6. The van der Waals surface area contributed by atoms with Crippen LogP contribution in [0.5, 0.6) is 0 Å². The number of anilines is 2. The molecule has 3 rings (SSSR count). The molecule has 2 aliphatic rings. The van der Waals surface area contributed by atoms with Crippen molar-refractivity contribution in [3.63, 3.8) is 0 Å². The number of nitrogens with two attached hydrogens (primary N) is 1. The van der Waals surface area contributed by atoms with Gasteiger partial charge in [0.1, 0.15) is 0 Å². The van der Waals surface area contributed by atoms with Crippen LogP contribution in [-0.4, -0.2) is 17.5 Å². The Kier molecular flexibility index (Phi) is 3.51. The van der Waals surface area contributed by atoms with Gasteiger partial charge in [0.05, 0.1) is 4.92 Å². The Hall–Kier alpha value is -1.78. The summed E-state index contributed by atoms with van der Waals surface area (Å²) >= 11 is 0. The molecular formula is C15H21N3O2. The Bertz CT molecular complexity index is 516. The van der Waals surface area contributed by atoms with E-state index in [1.165, 1.54) is 44.6 Å². The van der Waals surface area contributed by atoms with E-state index >= 15 is 0 Å². The van der Waals surface area contributed by atoms with Gasteiger partial charge >= 0.3 is 0 Å². The van der Waals surface area contributed by atoms with Crippen molar-refractivity contribution >= 4 is 17.1 Å². The number of non-ortho nitro benzene ring substituents is 1. The first-order chi connectivity index (χ1) is 9.65. The van der Waals surface area contributed by atoms with Crippen LogP contribution in [0.2, 0.25) is 0 Å². The number of rotatable bonds is 2. The molecule has 1 heterocycles. The van der Waals surface area contributed by atoms with Crippen LogP contribution in [0.15, 0.2) is 18.2 Å². The maximum absolute atomic E-state index is 11.0. The quantitative estimate of drug-likeness (QED) is 0.510. The fourth-order valence-electron chi connectivity index (χ4n) is 3.83. The molecule has 5 heteroatoms. The number of hydrogen-bond acceptors (Lipinski definition) is 4. The predicted octanol–water partition coefficient (Wildman–Crippen LogP) is 3.34. The zero-order valence-corrected chi connectivity index (χ0v) is 11.6. The Morgan fingerprint density at radius 2 is 1.90 bits per heavy atom. The molecule has 1 saturated heterocycles. The van der Waals surface area contributed by atoms with Crippen molar-refractivity contribution in [2.24, 2.45) is 5.92 Å². The third-order valence-corrected chi connectivity index (χ3v) is 4.71. The zero-order chi connectivity index (χ0) is 14.1. The van der Waals surface area contributed by atoms with Crippen molar-refractivity contribution in [3.05, 3.63) is 28.3 Å². The van der Waals surface area contributed by atoms with E-state index in [0.717, 1.165) is 18.2 Å². The second-order valence-corrected chi connectivity index (χ2v) is 5.99. The van der Waals surface area contributed by atoms with Gasteiger partial charge in [-0.05, 0) is 37.7 Å². The van der Waals surface area contributed by atoms with Gasteiger partial charge in [-0.15, -0.1) is 0 Å². The van der Waals surface area contributed by atoms with Crippen LogP contribution in [0.3, 0.4) is 0 Å². The molecule has 0 unspecified atom stereocenters. The van der Waals surface area contributed by atoms with Gasteiger partial charge in [-0.1, -0.05) is 12.8 Å². The summed E-state index contributed by atoms with van der Waals surface area (Å²) in [4.78, 5) is 13.0. The maximum Gasteiger partial charge on any atom is 0.273 e. The maximum atomic E-state index is 11.0. The molecule has 1 aliphatic heterocycles. The lowest BCUT2D eigenvalue weighted by Gasteiger charge is -2.45. The lowest BCUT2D eigenvalue weighted by Crippen LogP contribution is -2.46. The molecular weight excluding hydrogens is 254 g/mol. The van der Waals surface area contributed by atoms with Gasteiger partial charge in [0.25, 0.3) is 5.69 Å². The summed E-state index contributed by atoms with van der Waals surface area (Å²) in [5, 5.41) is 11.0. The molecule has 0 spiro atoms. The number of hydrogen-bond donors (Lipinski definition) is 1. The molecule has 0 radical (unpaired) electrons. The van der Waals surface area contributed by atoms with Crippen LogP contribution in [-0.2, 0) is 0 Å². The molecule has 2 atom stereocenters. The van der Waals surface area contributed by atoms with Crippen molar-refractivity contribution in [2.45, 2.75) is 44.6 Å². The standard InChI is InChI=1S/C15H21N3O2/c16-12-8-13(10-14(9-12)18(19)20)17-7-3-5-11-4-1-2-6-15(11)17/h8-11,15H,1-7,16H2/t11-,15-/m1/s1. The van der Waals surface area contributed by atoms with E-state index < -0.39 is 0 Å². The molecule has 20 heavy (non-hydrogen) atoms. The van der Waals surface area contributed by atoms with Crippen molar-refractivity contribution in [1.29, 1.82) is 0 Å². The minimum Gasteiger partial charge on any atom is -0.398 e. The SMILES string of the molecule is Nc1cc(N2CCC[C@H]3CCCC[C@H]32)cc([N+](=O)[O-])c1. The van der Waals surface area contributed by atoms with E-state index in [9.17, 15) is 10.1 Å². The van der Waals surface area contributed by atoms with E-state index in [2.05, 4.69) is 4.90 Å². The van der Waals surface area contributed by atoms with E-state index in [1.807, 2.05) is 6.07 Å². The van der Waals surface area contributed by atoms with Gasteiger partial charge in [-0.25, -0.2) is 0 Å². The van der Waals surface area contributed by atoms with Gasteiger partial charge in [-0.3, -0.25) is 10.1 Å². The highest BCUT2D eigenvalue weighted by molar-refractivity contribution is 5.63. The van der Waals surface area contributed by atoms with Crippen LogP contribution < -0.4 is 10.6 Å². The molecule has 108 valence electrons. The number of nitrogen functional groups attached to an aromatic ring is 1. The molecule has 1 aromatic carbocycles. The lowest BCUT2D eigenvalue weighted by molar-refractivity contribution is -0.384. The third-order valence-electron chi connectivity index (χ3n) is 4.71. The van der Waals surface area contributed by atoms with E-state index in [4.69, 9.17) is 5.73 Å². The fraction of sp³-hybridized carbons (Fsp3) is 0.600. The first-order valence-electron chi connectivity index (χ1n) is 7.47. The molecule has 2 N–H and O–H groups in total. The van der Waals surface area contributed by atoms with Crippen LogP contribution in [0.4, 0.5) is 17.1 Å². The number of benzene rings is 1. The third kappa shape index (κ3) is 2.44. The smallest absolute Gasteiger partial charge is 0.273 e. The van der Waals surface area contributed by atoms with Crippen LogP contribution in [0.1, 0.15) is 38.5 Å². The normalized spacial score (nSPS) is 26.1. The van der Waals surface area contributed by atoms with Gasteiger partial charge in [0.15, 0.2) is 0 Å². The second kappa shape index (κ2) is 5.31. The minimum atomic E-state index is -0.359. The highest BCUT2D eigenvalue weighted by atomic mass is 16.6. The Morgan fingerprint density at radius 3 is 2.70 bits per heavy atom. The number of piperidine rings is 1. The van der Waals surface area contributed by atoms with Crippen LogP contribution in [0, 0.1) is 16.0 Å². The monoisotopic (exact) mass is 275 g/mol. The van der Waals surface area contributed by atoms with E-state index in [1.54, 1.807) is 6.07 Å². The minimum absolute atomic E-state index is 0.0953. The molecule has 0 amide bonds. The first-order valence-corrected chi connectivity index (χ1v) is 7.47. The topological polar surface area (TPSA) is 72.4 Å².